The molecule has 0 atom stereocenters. The molecule has 18 heavy (non-hydrogen) atoms. The van der Waals surface area contributed by atoms with Crippen molar-refractivity contribution in [3.63, 3.8) is 0 Å². The lowest BCUT2D eigenvalue weighted by atomic mass is 10.3. The highest BCUT2D eigenvalue weighted by Crippen LogP contribution is 2.23. The van der Waals surface area contributed by atoms with Crippen LogP contribution in [0.15, 0.2) is 9.42 Å². The Hall–Kier alpha value is -1.83. The molecule has 2 rings (SSSR count). The predicted octanol–water partition coefficient (Wildman–Crippen LogP) is 1.43. The number of rotatable bonds is 3. The van der Waals surface area contributed by atoms with Gasteiger partial charge in [0.15, 0.2) is 16.5 Å². The van der Waals surface area contributed by atoms with Gasteiger partial charge in [-0.25, -0.2) is 8.42 Å². The predicted molar refractivity (Wildman–Crippen MR) is 64.8 cm³/mol. The molecule has 0 amide bonds. The summed E-state index contributed by atoms with van der Waals surface area (Å²) in [6, 6.07) is 0. The van der Waals surface area contributed by atoms with Gasteiger partial charge in [0.1, 0.15) is 5.69 Å². The van der Waals surface area contributed by atoms with Gasteiger partial charge < -0.3 is 4.52 Å². The molecule has 0 aliphatic rings. The highest BCUT2D eigenvalue weighted by atomic mass is 32.2. The van der Waals surface area contributed by atoms with E-state index in [1.807, 2.05) is 6.92 Å². The Balaban J connectivity index is 2.43. The second-order valence-electron chi connectivity index (χ2n) is 4.08. The van der Waals surface area contributed by atoms with Crippen LogP contribution in [-0.4, -0.2) is 23.8 Å². The Labute approximate surface area is 105 Å². The zero-order chi connectivity index (χ0) is 13.5. The standard InChI is InChI=1S/C10H14N4O3S/c1-5-6(2)11-12-10(5)14-18(15,16)9-7(3)13-17-8(9)4/h1-4H3,(H2,11,12,14). The largest absolute Gasteiger partial charge is 0.360 e. The number of nitrogens with one attached hydrogen (secondary N) is 2. The summed E-state index contributed by atoms with van der Waals surface area (Å²) in [6.45, 7) is 6.73. The van der Waals surface area contributed by atoms with Crippen LogP contribution in [0.2, 0.25) is 0 Å². The normalized spacial score (nSPS) is 11.8. The molecule has 0 bridgehead atoms. The van der Waals surface area contributed by atoms with Gasteiger partial charge in [0.2, 0.25) is 0 Å². The van der Waals surface area contributed by atoms with Crippen LogP contribution < -0.4 is 4.72 Å². The molecule has 0 saturated heterocycles. The second-order valence-corrected chi connectivity index (χ2v) is 5.70. The molecule has 0 radical (unpaired) electrons. The number of nitrogens with zero attached hydrogens (tertiary/aromatic N) is 2. The Morgan fingerprint density at radius 3 is 2.33 bits per heavy atom. The number of sulfonamides is 1. The molecular formula is C10H14N4O3S. The summed E-state index contributed by atoms with van der Waals surface area (Å²) in [5.41, 5.74) is 1.89. The van der Waals surface area contributed by atoms with Gasteiger partial charge in [0.05, 0.1) is 0 Å². The van der Waals surface area contributed by atoms with Crippen LogP contribution in [0.1, 0.15) is 22.7 Å². The van der Waals surface area contributed by atoms with E-state index < -0.39 is 10.0 Å². The number of aromatic amines is 1. The van der Waals surface area contributed by atoms with Crippen molar-refractivity contribution in [1.82, 2.24) is 15.4 Å². The van der Waals surface area contributed by atoms with Gasteiger partial charge in [-0.1, -0.05) is 5.16 Å². The molecule has 0 spiro atoms. The van der Waals surface area contributed by atoms with Gasteiger partial charge in [-0.15, -0.1) is 0 Å². The van der Waals surface area contributed by atoms with E-state index in [-0.39, 0.29) is 16.5 Å². The zero-order valence-corrected chi connectivity index (χ0v) is 11.3. The van der Waals surface area contributed by atoms with E-state index in [0.29, 0.717) is 5.69 Å². The van der Waals surface area contributed by atoms with E-state index >= 15 is 0 Å². The lowest BCUT2D eigenvalue weighted by molar-refractivity contribution is 0.390. The maximum Gasteiger partial charge on any atom is 0.268 e. The molecule has 98 valence electrons. The third-order valence-electron chi connectivity index (χ3n) is 2.72. The van der Waals surface area contributed by atoms with Crippen molar-refractivity contribution in [2.24, 2.45) is 0 Å². The fourth-order valence-electron chi connectivity index (χ4n) is 1.62. The topological polar surface area (TPSA) is 101 Å². The van der Waals surface area contributed by atoms with Crippen LogP contribution in [0.3, 0.4) is 0 Å². The fraction of sp³-hybridized carbons (Fsp3) is 0.400. The lowest BCUT2D eigenvalue weighted by Gasteiger charge is -2.05. The number of aryl methyl sites for hydroxylation is 3. The minimum absolute atomic E-state index is 0.0579. The molecule has 0 unspecified atom stereocenters. The minimum Gasteiger partial charge on any atom is -0.360 e. The maximum atomic E-state index is 12.2. The van der Waals surface area contributed by atoms with E-state index in [0.717, 1.165) is 11.3 Å². The van der Waals surface area contributed by atoms with Crippen molar-refractivity contribution in [3.8, 4) is 0 Å². The molecular weight excluding hydrogens is 256 g/mol. The maximum absolute atomic E-state index is 12.2. The number of hydrogen-bond donors (Lipinski definition) is 2. The van der Waals surface area contributed by atoms with E-state index in [4.69, 9.17) is 4.52 Å². The van der Waals surface area contributed by atoms with E-state index in [1.54, 1.807) is 20.8 Å². The van der Waals surface area contributed by atoms with Crippen LogP contribution in [0.25, 0.3) is 0 Å². The van der Waals surface area contributed by atoms with Crippen molar-refractivity contribution in [3.05, 3.63) is 22.7 Å². The van der Waals surface area contributed by atoms with Crippen molar-refractivity contribution in [1.29, 1.82) is 0 Å². The van der Waals surface area contributed by atoms with Crippen LogP contribution in [0, 0.1) is 27.7 Å². The highest BCUT2D eigenvalue weighted by molar-refractivity contribution is 7.92. The molecule has 0 saturated carbocycles. The molecule has 0 fully saturated rings. The smallest absolute Gasteiger partial charge is 0.268 e. The average Bonchev–Trinajstić information content (AvgIpc) is 2.76. The molecule has 0 aromatic carbocycles. The Morgan fingerprint density at radius 1 is 1.22 bits per heavy atom. The molecule has 0 aliphatic heterocycles. The monoisotopic (exact) mass is 270 g/mol. The van der Waals surface area contributed by atoms with Crippen LogP contribution in [-0.2, 0) is 10.0 Å². The Morgan fingerprint density at radius 2 is 1.89 bits per heavy atom. The van der Waals surface area contributed by atoms with Crippen molar-refractivity contribution >= 4 is 15.8 Å². The van der Waals surface area contributed by atoms with Crippen LogP contribution >= 0.6 is 0 Å². The summed E-state index contributed by atoms with van der Waals surface area (Å²) >= 11 is 0. The second kappa shape index (κ2) is 4.13. The SMILES string of the molecule is Cc1noc(C)c1S(=O)(=O)Nc1n[nH]c(C)c1C. The van der Waals surface area contributed by atoms with Crippen molar-refractivity contribution in [2.75, 3.05) is 4.72 Å². The van der Waals surface area contributed by atoms with E-state index in [9.17, 15) is 8.42 Å². The number of aromatic nitrogens is 3. The third kappa shape index (κ3) is 1.99. The average molecular weight is 270 g/mol. The van der Waals surface area contributed by atoms with E-state index in [1.165, 1.54) is 0 Å². The summed E-state index contributed by atoms with van der Waals surface area (Å²) in [4.78, 5) is 0.0579. The Bertz CT molecular complexity index is 665. The van der Waals surface area contributed by atoms with Gasteiger partial charge in [-0.3, -0.25) is 9.82 Å². The molecule has 2 heterocycles. The summed E-state index contributed by atoms with van der Waals surface area (Å²) in [6.07, 6.45) is 0. The van der Waals surface area contributed by atoms with Crippen molar-refractivity contribution in [2.45, 2.75) is 32.6 Å². The van der Waals surface area contributed by atoms with Crippen LogP contribution in [0.4, 0.5) is 5.82 Å². The first-order valence-corrected chi connectivity index (χ1v) is 6.78. The number of hydrogen-bond acceptors (Lipinski definition) is 5. The van der Waals surface area contributed by atoms with Gasteiger partial charge in [0, 0.05) is 11.3 Å². The van der Waals surface area contributed by atoms with Crippen LogP contribution in [0.5, 0.6) is 0 Å². The number of anilines is 1. The quantitative estimate of drug-likeness (QED) is 0.878. The molecule has 8 heteroatoms. The summed E-state index contributed by atoms with van der Waals surface area (Å²) in [5, 5.41) is 10.3. The van der Waals surface area contributed by atoms with Gasteiger partial charge in [-0.2, -0.15) is 5.10 Å². The minimum atomic E-state index is -3.73. The summed E-state index contributed by atoms with van der Waals surface area (Å²) < 4.78 is 31.7. The molecule has 0 aliphatic carbocycles. The molecule has 2 aromatic heterocycles. The summed E-state index contributed by atoms with van der Waals surface area (Å²) in [5.74, 6) is 0.539. The van der Waals surface area contributed by atoms with Gasteiger partial charge >= 0.3 is 0 Å². The highest BCUT2D eigenvalue weighted by Gasteiger charge is 2.25. The number of H-pyrrole nitrogens is 1. The lowest BCUT2D eigenvalue weighted by Crippen LogP contribution is -2.15. The third-order valence-corrected chi connectivity index (χ3v) is 4.30. The van der Waals surface area contributed by atoms with Gasteiger partial charge in [0.25, 0.3) is 10.0 Å². The summed E-state index contributed by atoms with van der Waals surface area (Å²) in [7, 11) is -3.73. The Kier molecular flexibility index (Phi) is 2.89. The van der Waals surface area contributed by atoms with E-state index in [2.05, 4.69) is 20.1 Å². The first kappa shape index (κ1) is 12.6. The molecule has 2 aromatic rings. The fourth-order valence-corrected chi connectivity index (χ4v) is 3.02. The molecule has 2 N–H and O–H groups in total. The van der Waals surface area contributed by atoms with Crippen molar-refractivity contribution < 1.29 is 12.9 Å². The molecule has 7 nitrogen and oxygen atoms in total. The first-order chi connectivity index (χ1) is 8.33. The first-order valence-electron chi connectivity index (χ1n) is 5.30. The zero-order valence-electron chi connectivity index (χ0n) is 10.5. The van der Waals surface area contributed by atoms with Gasteiger partial charge in [-0.05, 0) is 27.7 Å².